The van der Waals surface area contributed by atoms with Gasteiger partial charge in [-0.15, -0.1) is 45.3 Å². The van der Waals surface area contributed by atoms with Gasteiger partial charge < -0.3 is 4.57 Å². The monoisotopic (exact) mass is 758 g/mol. The predicted octanol–water partition coefficient (Wildman–Crippen LogP) is 6.71. The van der Waals surface area contributed by atoms with Crippen LogP contribution in [0.2, 0.25) is 0 Å². The molecule has 0 atom stereocenters. The first-order chi connectivity index (χ1) is 25.3. The van der Waals surface area contributed by atoms with Gasteiger partial charge in [-0.05, 0) is 86.1 Å². The largest absolute Gasteiger partial charge is 0.553 e. The smallest absolute Gasteiger partial charge is 0.302 e. The van der Waals surface area contributed by atoms with Crippen molar-refractivity contribution < 1.29 is 0 Å². The number of allylic oxidation sites excluding steroid dienone is 2. The minimum Gasteiger partial charge on any atom is -0.302 e. The van der Waals surface area contributed by atoms with Crippen LogP contribution in [-0.4, -0.2) is 9.13 Å². The molecular weight excluding hydrogens is 725 g/mol. The van der Waals surface area contributed by atoms with E-state index in [1.165, 1.54) is 76.9 Å². The number of fused-ring (bicyclic) bond motifs is 7. The molecular formula is C40H34N6O2S4. The molecule has 4 heterocycles. The van der Waals surface area contributed by atoms with Crippen LogP contribution in [0.3, 0.4) is 0 Å². The molecule has 52 heavy (non-hydrogen) atoms. The Morgan fingerprint density at radius 3 is 1.56 bits per heavy atom. The minimum atomic E-state index is -0.188. The quantitative estimate of drug-likeness (QED) is 0.216. The van der Waals surface area contributed by atoms with Crippen molar-refractivity contribution >= 4 is 90.4 Å². The highest BCUT2D eigenvalue weighted by Crippen LogP contribution is 2.63. The Labute approximate surface area is 316 Å². The number of nitriles is 2. The summed E-state index contributed by atoms with van der Waals surface area (Å²) in [6.07, 6.45) is 19.7. The Balaban J connectivity index is 1.32. The third-order valence-electron chi connectivity index (χ3n) is 11.5. The summed E-state index contributed by atoms with van der Waals surface area (Å²) in [5.41, 5.74) is 4.47. The van der Waals surface area contributed by atoms with Gasteiger partial charge in [-0.3, -0.25) is 14.2 Å². The molecule has 0 bridgehead atoms. The van der Waals surface area contributed by atoms with E-state index in [1.54, 1.807) is 9.13 Å². The van der Waals surface area contributed by atoms with Crippen molar-refractivity contribution in [3.05, 3.63) is 94.0 Å². The molecule has 0 amide bonds. The number of aromatic nitrogens is 2. The van der Waals surface area contributed by atoms with Crippen LogP contribution in [-0.2, 0) is 23.9 Å². The van der Waals surface area contributed by atoms with Gasteiger partial charge in [0.25, 0.3) is 11.1 Å². The summed E-state index contributed by atoms with van der Waals surface area (Å²) in [7, 11) is 0. The van der Waals surface area contributed by atoms with E-state index in [2.05, 4.69) is 34.0 Å². The summed E-state index contributed by atoms with van der Waals surface area (Å²) >= 11 is 6.25. The summed E-state index contributed by atoms with van der Waals surface area (Å²) < 4.78 is 7.83. The molecule has 8 rings (SSSR count). The Hall–Kier alpha value is -4.56. The van der Waals surface area contributed by atoms with Crippen LogP contribution in [0.5, 0.6) is 0 Å². The van der Waals surface area contributed by atoms with Gasteiger partial charge in [0.1, 0.15) is 29.9 Å². The molecule has 0 unspecified atom stereocenters. The van der Waals surface area contributed by atoms with Crippen molar-refractivity contribution in [2.75, 3.05) is 0 Å². The first-order valence-electron chi connectivity index (χ1n) is 17.8. The molecule has 4 aliphatic carbocycles. The van der Waals surface area contributed by atoms with Crippen molar-refractivity contribution in [1.29, 1.82) is 10.5 Å². The van der Waals surface area contributed by atoms with Crippen molar-refractivity contribution in [2.45, 2.75) is 102 Å². The molecule has 0 aromatic carbocycles. The number of thiophene rings is 2. The van der Waals surface area contributed by atoms with Gasteiger partial charge in [0.2, 0.25) is 0 Å². The zero-order valence-corrected chi connectivity index (χ0v) is 32.2. The summed E-state index contributed by atoms with van der Waals surface area (Å²) in [4.78, 5) is 36.6. The Morgan fingerprint density at radius 2 is 1.15 bits per heavy atom. The van der Waals surface area contributed by atoms with Crippen LogP contribution in [0.4, 0.5) is 0 Å². The van der Waals surface area contributed by atoms with E-state index in [-0.39, 0.29) is 33.3 Å². The highest BCUT2D eigenvalue weighted by molar-refractivity contribution is 7.29. The van der Waals surface area contributed by atoms with Gasteiger partial charge in [0.15, 0.2) is 10.2 Å². The topological polar surface area (TPSA) is 100 Å². The fourth-order valence-corrected chi connectivity index (χ4v) is 14.6. The molecule has 12 heteroatoms. The molecule has 2 spiro atoms. The first kappa shape index (κ1) is 34.5. The van der Waals surface area contributed by atoms with Gasteiger partial charge in [-0.1, -0.05) is 38.5 Å². The summed E-state index contributed by atoms with van der Waals surface area (Å²) in [5, 5.41) is 19.2. The zero-order valence-electron chi connectivity index (χ0n) is 28.9. The van der Waals surface area contributed by atoms with E-state index >= 15 is 0 Å². The Bertz CT molecular complexity index is 2600. The van der Waals surface area contributed by atoms with E-state index in [4.69, 9.17) is 13.1 Å². The molecule has 0 radical (unpaired) electrons. The van der Waals surface area contributed by atoms with Gasteiger partial charge in [0.05, 0.1) is 18.5 Å². The number of thiazole rings is 2. The van der Waals surface area contributed by atoms with Crippen molar-refractivity contribution in [1.82, 2.24) is 9.13 Å². The predicted molar refractivity (Wildman–Crippen MR) is 212 cm³/mol. The SMILES string of the molecule is [C-]#[N+]C([N+]#[C-])=c1s/c(=C/C2=Cc3sc4c5c(sc4c3C23CCCCC3)C=C(/C=c2/sc(=C(C#N)C#N)n(CC)c2=O)C52CCCCC2)c(=O)n1CC. The van der Waals surface area contributed by atoms with E-state index in [9.17, 15) is 20.1 Å². The normalized spacial score (nSPS) is 18.8. The fourth-order valence-electron chi connectivity index (χ4n) is 9.16. The maximum absolute atomic E-state index is 13.6. The molecule has 0 saturated heterocycles. The number of rotatable bonds is 4. The van der Waals surface area contributed by atoms with E-state index in [0.29, 0.717) is 31.5 Å². The van der Waals surface area contributed by atoms with Crippen LogP contribution in [0, 0.1) is 35.8 Å². The molecule has 2 saturated carbocycles. The summed E-state index contributed by atoms with van der Waals surface area (Å²) in [6, 6.07) is 3.95. The molecule has 2 fully saturated rings. The van der Waals surface area contributed by atoms with E-state index < -0.39 is 0 Å². The van der Waals surface area contributed by atoms with E-state index in [1.807, 2.05) is 48.7 Å². The summed E-state index contributed by atoms with van der Waals surface area (Å²) in [6.45, 7) is 19.6. The maximum Gasteiger partial charge on any atom is 0.553 e. The molecule has 0 N–H and O–H groups in total. The summed E-state index contributed by atoms with van der Waals surface area (Å²) in [5.74, 6) is -0.0606. The van der Waals surface area contributed by atoms with Crippen LogP contribution < -0.4 is 29.5 Å². The number of nitrogens with zero attached hydrogens (tertiary/aromatic N) is 6. The van der Waals surface area contributed by atoms with Crippen LogP contribution >= 0.6 is 45.3 Å². The van der Waals surface area contributed by atoms with Crippen molar-refractivity contribution in [3.8, 4) is 12.1 Å². The second-order valence-electron chi connectivity index (χ2n) is 13.9. The fraction of sp³-hybridized carbons (Fsp3) is 0.400. The third kappa shape index (κ3) is 4.89. The first-order valence-corrected chi connectivity index (χ1v) is 21.1. The molecule has 0 aliphatic heterocycles. The Morgan fingerprint density at radius 1 is 0.731 bits per heavy atom. The van der Waals surface area contributed by atoms with Crippen molar-refractivity contribution in [2.24, 2.45) is 0 Å². The second kappa shape index (κ2) is 13.1. The number of hydrogen-bond acceptors (Lipinski definition) is 8. The highest BCUT2D eigenvalue weighted by Gasteiger charge is 2.49. The lowest BCUT2D eigenvalue weighted by atomic mass is 9.66. The van der Waals surface area contributed by atoms with Gasteiger partial charge in [-0.2, -0.15) is 20.2 Å². The number of hydrogen-bond donors (Lipinski definition) is 0. The zero-order chi connectivity index (χ0) is 36.4. The van der Waals surface area contributed by atoms with Gasteiger partial charge >= 0.3 is 5.82 Å². The molecule has 4 aromatic heterocycles. The average Bonchev–Trinajstić information content (AvgIpc) is 3.96. The van der Waals surface area contributed by atoms with Gasteiger partial charge in [0, 0.05) is 33.7 Å². The standard InChI is InChI=1S/C40H34N6O2S4/c1-5-45-35(47)28(51-37(45)23(21-41)22-42)19-24-17-26-30(39(24)13-9-7-10-14-39)32-33(49-26)31-27(50-32)18-25(40(31)15-11-8-12-16-40)20-29-36(48)46(6-2)38(52-29)34(43-3)44-4/h17-20H,5-16H2,1-2H3/b28-19+,29-20+. The van der Waals surface area contributed by atoms with Gasteiger partial charge in [-0.25, -0.2) is 0 Å². The molecule has 260 valence electrons. The van der Waals surface area contributed by atoms with Crippen LogP contribution in [0.25, 0.3) is 54.8 Å². The minimum absolute atomic E-state index is 0.0306. The van der Waals surface area contributed by atoms with Crippen LogP contribution in [0.15, 0.2) is 20.7 Å². The lowest BCUT2D eigenvalue weighted by Crippen LogP contribution is -2.33. The molecule has 4 aromatic rings. The molecule has 4 aliphatic rings. The van der Waals surface area contributed by atoms with Crippen LogP contribution in [0.1, 0.15) is 98.9 Å². The Kier molecular flexibility index (Phi) is 8.72. The maximum atomic E-state index is 13.6. The average molecular weight is 759 g/mol. The highest BCUT2D eigenvalue weighted by atomic mass is 32.1. The molecule has 8 nitrogen and oxygen atoms in total. The van der Waals surface area contributed by atoms with E-state index in [0.717, 1.165) is 51.4 Å². The lowest BCUT2D eigenvalue weighted by Gasteiger charge is -2.37. The second-order valence-corrected chi connectivity index (χ2v) is 18.1. The van der Waals surface area contributed by atoms with Crippen molar-refractivity contribution in [3.63, 3.8) is 0 Å². The lowest BCUT2D eigenvalue weighted by molar-refractivity contribution is 0.355. The third-order valence-corrected chi connectivity index (χ3v) is 16.2.